The molecule has 27 heavy (non-hydrogen) atoms. The Bertz CT molecular complexity index is 726. The quantitative estimate of drug-likeness (QED) is 0.586. The standard InChI is InChI=1S/C19H26N4O4/c1-3-27-18(24)16-12-20-19(25)21-17(16)13-22-7-9-23(10-8-22)14-5-4-6-15(11-14)26-2/h4-6,11H,3,7-10,12-13H2,1-2H3,(H2,20,21,25)/p+1. The number of methoxy groups -OCH3 is 1. The Morgan fingerprint density at radius 2 is 2.07 bits per heavy atom. The average molecular weight is 375 g/mol. The number of nitrogens with zero attached hydrogens (tertiary/aromatic N) is 1. The van der Waals surface area contributed by atoms with E-state index < -0.39 is 0 Å². The molecule has 2 amide bonds. The van der Waals surface area contributed by atoms with E-state index in [-0.39, 0.29) is 18.5 Å². The van der Waals surface area contributed by atoms with Crippen LogP contribution < -0.4 is 25.2 Å². The van der Waals surface area contributed by atoms with Crippen LogP contribution in [0, 0.1) is 0 Å². The lowest BCUT2D eigenvalue weighted by Crippen LogP contribution is -3.15. The van der Waals surface area contributed by atoms with Crippen LogP contribution in [-0.2, 0) is 9.53 Å². The molecule has 0 spiro atoms. The fraction of sp³-hybridized carbons (Fsp3) is 0.474. The Hall–Kier alpha value is -2.74. The summed E-state index contributed by atoms with van der Waals surface area (Å²) < 4.78 is 10.4. The number of carbonyl (C=O) groups is 2. The van der Waals surface area contributed by atoms with E-state index in [0.29, 0.717) is 24.4 Å². The molecule has 1 aromatic rings. The third-order valence-corrected chi connectivity index (χ3v) is 4.89. The molecule has 2 aliphatic heterocycles. The molecule has 1 aromatic carbocycles. The van der Waals surface area contributed by atoms with Gasteiger partial charge in [0.25, 0.3) is 0 Å². The number of hydrogen-bond acceptors (Lipinski definition) is 5. The van der Waals surface area contributed by atoms with E-state index in [4.69, 9.17) is 9.47 Å². The number of quaternary nitrogens is 1. The van der Waals surface area contributed by atoms with E-state index in [0.717, 1.165) is 37.6 Å². The van der Waals surface area contributed by atoms with Gasteiger partial charge in [0.15, 0.2) is 0 Å². The summed E-state index contributed by atoms with van der Waals surface area (Å²) in [5.74, 6) is 0.485. The zero-order valence-electron chi connectivity index (χ0n) is 15.8. The van der Waals surface area contributed by atoms with Gasteiger partial charge in [0.1, 0.15) is 12.3 Å². The van der Waals surface area contributed by atoms with Crippen LogP contribution in [-0.4, -0.2) is 65.0 Å². The maximum Gasteiger partial charge on any atom is 0.337 e. The number of ether oxygens (including phenoxy) is 2. The minimum absolute atomic E-state index is 0.212. The second-order valence-corrected chi connectivity index (χ2v) is 6.60. The van der Waals surface area contributed by atoms with Crippen molar-refractivity contribution in [3.05, 3.63) is 35.5 Å². The Balaban J connectivity index is 1.63. The van der Waals surface area contributed by atoms with Crippen molar-refractivity contribution in [2.45, 2.75) is 6.92 Å². The lowest BCUT2D eigenvalue weighted by atomic mass is 10.1. The first kappa shape index (κ1) is 19.0. The van der Waals surface area contributed by atoms with Gasteiger partial charge in [-0.3, -0.25) is 0 Å². The van der Waals surface area contributed by atoms with Gasteiger partial charge in [0.05, 0.1) is 57.7 Å². The number of carbonyl (C=O) groups excluding carboxylic acids is 2. The Labute approximate surface area is 159 Å². The van der Waals surface area contributed by atoms with Gasteiger partial charge in [-0.25, -0.2) is 9.59 Å². The predicted octanol–water partition coefficient (Wildman–Crippen LogP) is -0.470. The van der Waals surface area contributed by atoms with Crippen molar-refractivity contribution in [1.82, 2.24) is 10.6 Å². The zero-order chi connectivity index (χ0) is 19.2. The van der Waals surface area contributed by atoms with Gasteiger partial charge in [-0.15, -0.1) is 0 Å². The van der Waals surface area contributed by atoms with Crippen LogP contribution in [0.5, 0.6) is 5.75 Å². The molecule has 2 aliphatic rings. The summed E-state index contributed by atoms with van der Waals surface area (Å²) in [4.78, 5) is 27.5. The van der Waals surface area contributed by atoms with Gasteiger partial charge < -0.3 is 29.9 Å². The summed E-state index contributed by atoms with van der Waals surface area (Å²) >= 11 is 0. The number of benzene rings is 1. The molecule has 8 heteroatoms. The summed E-state index contributed by atoms with van der Waals surface area (Å²) in [7, 11) is 1.67. The van der Waals surface area contributed by atoms with Crippen LogP contribution in [0.15, 0.2) is 35.5 Å². The van der Waals surface area contributed by atoms with Crippen molar-refractivity contribution in [3.63, 3.8) is 0 Å². The van der Waals surface area contributed by atoms with Crippen LogP contribution in [0.1, 0.15) is 6.92 Å². The van der Waals surface area contributed by atoms with Crippen molar-refractivity contribution in [2.24, 2.45) is 0 Å². The summed E-state index contributed by atoms with van der Waals surface area (Å²) in [6, 6.07) is 7.79. The maximum atomic E-state index is 12.2. The first-order valence-corrected chi connectivity index (χ1v) is 9.27. The van der Waals surface area contributed by atoms with Crippen LogP contribution in [0.2, 0.25) is 0 Å². The van der Waals surface area contributed by atoms with Crippen LogP contribution in [0.25, 0.3) is 0 Å². The topological polar surface area (TPSA) is 84.3 Å². The minimum Gasteiger partial charge on any atom is -0.497 e. The molecular formula is C19H27N4O4+. The minimum atomic E-state index is -0.366. The van der Waals surface area contributed by atoms with E-state index in [1.807, 2.05) is 18.2 Å². The van der Waals surface area contributed by atoms with E-state index >= 15 is 0 Å². The lowest BCUT2D eigenvalue weighted by molar-refractivity contribution is -0.896. The zero-order valence-corrected chi connectivity index (χ0v) is 15.8. The highest BCUT2D eigenvalue weighted by Gasteiger charge is 2.28. The Morgan fingerprint density at radius 1 is 1.30 bits per heavy atom. The van der Waals surface area contributed by atoms with E-state index in [2.05, 4.69) is 21.6 Å². The summed E-state index contributed by atoms with van der Waals surface area (Å²) in [6.45, 7) is 6.54. The van der Waals surface area contributed by atoms with Gasteiger partial charge in [-0.1, -0.05) is 6.07 Å². The van der Waals surface area contributed by atoms with Crippen LogP contribution >= 0.6 is 0 Å². The molecule has 2 heterocycles. The van der Waals surface area contributed by atoms with E-state index in [1.165, 1.54) is 4.90 Å². The van der Waals surface area contributed by atoms with E-state index in [1.54, 1.807) is 14.0 Å². The Kier molecular flexibility index (Phi) is 6.18. The maximum absolute atomic E-state index is 12.2. The highest BCUT2D eigenvalue weighted by Crippen LogP contribution is 2.20. The number of esters is 1. The fourth-order valence-electron chi connectivity index (χ4n) is 3.41. The van der Waals surface area contributed by atoms with E-state index in [9.17, 15) is 9.59 Å². The van der Waals surface area contributed by atoms with Crippen molar-refractivity contribution in [3.8, 4) is 5.75 Å². The van der Waals surface area contributed by atoms with Crippen molar-refractivity contribution in [2.75, 3.05) is 57.9 Å². The van der Waals surface area contributed by atoms with Crippen LogP contribution in [0.4, 0.5) is 10.5 Å². The van der Waals surface area contributed by atoms with Crippen LogP contribution in [0.3, 0.4) is 0 Å². The molecule has 3 rings (SSSR count). The largest absolute Gasteiger partial charge is 0.497 e. The molecule has 0 aliphatic carbocycles. The lowest BCUT2D eigenvalue weighted by Gasteiger charge is -2.34. The number of anilines is 1. The highest BCUT2D eigenvalue weighted by atomic mass is 16.5. The molecule has 1 saturated heterocycles. The number of urea groups is 1. The van der Waals surface area contributed by atoms with Gasteiger partial charge in [0, 0.05) is 11.8 Å². The molecule has 8 nitrogen and oxygen atoms in total. The third kappa shape index (κ3) is 4.71. The fourth-order valence-corrected chi connectivity index (χ4v) is 3.41. The molecule has 0 bridgehead atoms. The van der Waals surface area contributed by atoms with Gasteiger partial charge in [-0.05, 0) is 19.1 Å². The second kappa shape index (κ2) is 8.77. The third-order valence-electron chi connectivity index (χ3n) is 4.89. The summed E-state index contributed by atoms with van der Waals surface area (Å²) in [5.41, 5.74) is 2.33. The number of piperazine rings is 1. The number of rotatable bonds is 6. The first-order chi connectivity index (χ1) is 13.1. The molecule has 0 atom stereocenters. The molecule has 1 fully saturated rings. The Morgan fingerprint density at radius 3 is 2.78 bits per heavy atom. The van der Waals surface area contributed by atoms with Crippen molar-refractivity contribution >= 4 is 17.7 Å². The second-order valence-electron chi connectivity index (χ2n) is 6.60. The molecule has 0 radical (unpaired) electrons. The summed E-state index contributed by atoms with van der Waals surface area (Å²) in [6.07, 6.45) is 0. The van der Waals surface area contributed by atoms with Gasteiger partial charge in [-0.2, -0.15) is 0 Å². The first-order valence-electron chi connectivity index (χ1n) is 9.27. The molecule has 0 unspecified atom stereocenters. The number of hydrogen-bond donors (Lipinski definition) is 3. The predicted molar refractivity (Wildman–Crippen MR) is 101 cm³/mol. The molecule has 3 N–H and O–H groups in total. The number of nitrogens with one attached hydrogen (secondary N) is 3. The SMILES string of the molecule is CCOC(=O)C1=C(C[NH+]2CCN(c3cccc(OC)c3)CC2)NC(=O)NC1. The highest BCUT2D eigenvalue weighted by molar-refractivity contribution is 5.93. The smallest absolute Gasteiger partial charge is 0.337 e. The van der Waals surface area contributed by atoms with Crippen molar-refractivity contribution < 1.29 is 24.0 Å². The molecule has 0 saturated carbocycles. The molecular weight excluding hydrogens is 348 g/mol. The van der Waals surface area contributed by atoms with Crippen molar-refractivity contribution in [1.29, 1.82) is 0 Å². The van der Waals surface area contributed by atoms with Gasteiger partial charge >= 0.3 is 12.0 Å². The average Bonchev–Trinajstić information content (AvgIpc) is 2.69. The molecule has 146 valence electrons. The summed E-state index contributed by atoms with van der Waals surface area (Å²) in [5, 5.41) is 5.43. The normalized spacial score (nSPS) is 18.0. The monoisotopic (exact) mass is 375 g/mol. The van der Waals surface area contributed by atoms with Gasteiger partial charge in [0.2, 0.25) is 0 Å². The molecule has 0 aromatic heterocycles. The number of amides is 2.